The molecule has 1 saturated heterocycles. The Hall–Kier alpha value is -1.31. The Morgan fingerprint density at radius 1 is 1.14 bits per heavy atom. The average molecular weight is 324 g/mol. The molecule has 1 aromatic heterocycles. The third-order valence-electron chi connectivity index (χ3n) is 3.83. The maximum Gasteiger partial charge on any atom is 0.231 e. The second-order valence-electron chi connectivity index (χ2n) is 5.07. The highest BCUT2D eigenvalue weighted by Gasteiger charge is 2.37. The molecule has 3 atom stereocenters. The molecule has 3 unspecified atom stereocenters. The van der Waals surface area contributed by atoms with E-state index in [1.165, 1.54) is 0 Å². The monoisotopic (exact) mass is 323 g/mol. The lowest BCUT2D eigenvalue weighted by molar-refractivity contribution is 0.174. The van der Waals surface area contributed by atoms with Crippen molar-refractivity contribution in [3.63, 3.8) is 0 Å². The zero-order valence-electron chi connectivity index (χ0n) is 11.0. The summed E-state index contributed by atoms with van der Waals surface area (Å²) in [6, 6.07) is 9.99. The smallest absolute Gasteiger partial charge is 0.231 e. The van der Waals surface area contributed by atoms with Crippen molar-refractivity contribution in [1.29, 1.82) is 0 Å². The summed E-state index contributed by atoms with van der Waals surface area (Å²) in [7, 11) is 0. The summed E-state index contributed by atoms with van der Waals surface area (Å²) in [5, 5.41) is 0. The number of fused-ring (bicyclic) bond motifs is 1. The molecular weight excluding hydrogens is 310 g/mol. The molecule has 0 aliphatic carbocycles. The molecule has 2 aliphatic rings. The van der Waals surface area contributed by atoms with E-state index in [-0.39, 0.29) is 24.9 Å². The Labute approximate surface area is 131 Å². The number of thiophene rings is 1. The van der Waals surface area contributed by atoms with Gasteiger partial charge in [-0.05, 0) is 29.8 Å². The van der Waals surface area contributed by atoms with E-state index in [9.17, 15) is 0 Å². The van der Waals surface area contributed by atoms with Crippen molar-refractivity contribution in [1.82, 2.24) is 10.9 Å². The van der Waals surface area contributed by atoms with Crippen molar-refractivity contribution >= 4 is 22.9 Å². The maximum absolute atomic E-state index is 6.22. The minimum atomic E-state index is -0.184. The summed E-state index contributed by atoms with van der Waals surface area (Å²) in [6.45, 7) is 0.274. The van der Waals surface area contributed by atoms with Gasteiger partial charge < -0.3 is 15.2 Å². The molecule has 3 heterocycles. The normalized spacial score (nSPS) is 27.2. The van der Waals surface area contributed by atoms with Crippen molar-refractivity contribution in [3.8, 4) is 11.5 Å². The van der Waals surface area contributed by atoms with Gasteiger partial charge in [-0.3, -0.25) is 0 Å². The van der Waals surface area contributed by atoms with E-state index < -0.39 is 0 Å². The summed E-state index contributed by atoms with van der Waals surface area (Å²) < 4.78 is 11.6. The number of hydrogen-bond donors (Lipinski definition) is 3. The van der Waals surface area contributed by atoms with Crippen LogP contribution in [0.3, 0.4) is 0 Å². The number of nitrogens with one attached hydrogen (secondary N) is 2. The molecule has 0 saturated carbocycles. The van der Waals surface area contributed by atoms with Crippen LogP contribution in [0.1, 0.15) is 22.4 Å². The van der Waals surface area contributed by atoms with E-state index in [0.29, 0.717) is 0 Å². The summed E-state index contributed by atoms with van der Waals surface area (Å²) in [4.78, 5) is 1.16. The molecule has 5 nitrogen and oxygen atoms in total. The van der Waals surface area contributed by atoms with Crippen LogP contribution in [0.4, 0.5) is 0 Å². The van der Waals surface area contributed by atoms with Crippen LogP contribution in [0.15, 0.2) is 30.3 Å². The molecule has 0 bridgehead atoms. The lowest BCUT2D eigenvalue weighted by Gasteiger charge is -2.20. The second kappa shape index (κ2) is 5.15. The minimum absolute atomic E-state index is 0.0814. The Morgan fingerprint density at radius 2 is 2.00 bits per heavy atom. The molecule has 2 aromatic rings. The molecule has 7 heteroatoms. The Morgan fingerprint density at radius 3 is 2.81 bits per heavy atom. The van der Waals surface area contributed by atoms with Crippen LogP contribution < -0.4 is 26.1 Å². The fourth-order valence-electron chi connectivity index (χ4n) is 2.84. The van der Waals surface area contributed by atoms with Crippen LogP contribution >= 0.6 is 22.9 Å². The molecule has 21 heavy (non-hydrogen) atoms. The number of ether oxygens (including phenoxy) is 2. The number of nitrogens with two attached hydrogens (primary N) is 1. The summed E-state index contributed by atoms with van der Waals surface area (Å²) >= 11 is 7.61. The highest BCUT2D eigenvalue weighted by atomic mass is 35.5. The molecule has 1 fully saturated rings. The van der Waals surface area contributed by atoms with Crippen LogP contribution in [0.5, 0.6) is 11.5 Å². The lowest BCUT2D eigenvalue weighted by atomic mass is 9.90. The average Bonchev–Trinajstić information content (AvgIpc) is 3.17. The number of hydrogen-bond acceptors (Lipinski definition) is 6. The van der Waals surface area contributed by atoms with Crippen LogP contribution in [0.2, 0.25) is 4.34 Å². The van der Waals surface area contributed by atoms with Gasteiger partial charge in [-0.25, -0.2) is 10.9 Å². The van der Waals surface area contributed by atoms with E-state index in [1.54, 1.807) is 11.3 Å². The van der Waals surface area contributed by atoms with Gasteiger partial charge in [-0.1, -0.05) is 17.7 Å². The van der Waals surface area contributed by atoms with E-state index in [2.05, 4.69) is 10.9 Å². The van der Waals surface area contributed by atoms with Gasteiger partial charge in [-0.2, -0.15) is 0 Å². The fraction of sp³-hybridized carbons (Fsp3) is 0.286. The van der Waals surface area contributed by atoms with Crippen LogP contribution in [0.25, 0.3) is 0 Å². The zero-order valence-corrected chi connectivity index (χ0v) is 12.6. The van der Waals surface area contributed by atoms with Crippen molar-refractivity contribution in [2.24, 2.45) is 5.73 Å². The van der Waals surface area contributed by atoms with E-state index in [1.807, 2.05) is 30.3 Å². The molecule has 0 amide bonds. The minimum Gasteiger partial charge on any atom is -0.454 e. The first-order chi connectivity index (χ1) is 10.2. The highest BCUT2D eigenvalue weighted by Crippen LogP contribution is 2.42. The predicted octanol–water partition coefficient (Wildman–Crippen LogP) is 2.35. The van der Waals surface area contributed by atoms with E-state index >= 15 is 0 Å². The topological polar surface area (TPSA) is 68.5 Å². The van der Waals surface area contributed by atoms with Gasteiger partial charge >= 0.3 is 0 Å². The van der Waals surface area contributed by atoms with Crippen LogP contribution in [-0.2, 0) is 0 Å². The molecule has 4 N–H and O–H groups in total. The van der Waals surface area contributed by atoms with Crippen molar-refractivity contribution in [2.45, 2.75) is 18.1 Å². The standard InChI is InChI=1S/C14H14ClN3O2S/c15-11-4-3-10(21-11)13-12(14(16)18-17-13)7-1-2-8-9(5-7)20-6-19-8/h1-5,12-14,17-18H,6,16H2. The van der Waals surface area contributed by atoms with Gasteiger partial charge in [-0.15, -0.1) is 11.3 Å². The molecule has 1 aromatic carbocycles. The lowest BCUT2D eigenvalue weighted by Crippen LogP contribution is -2.38. The Bertz CT molecular complexity index is 678. The zero-order chi connectivity index (χ0) is 14.4. The predicted molar refractivity (Wildman–Crippen MR) is 81.6 cm³/mol. The van der Waals surface area contributed by atoms with Crippen LogP contribution in [0, 0.1) is 0 Å². The van der Waals surface area contributed by atoms with Gasteiger partial charge in [0.2, 0.25) is 6.79 Å². The van der Waals surface area contributed by atoms with Crippen molar-refractivity contribution < 1.29 is 9.47 Å². The maximum atomic E-state index is 6.22. The molecule has 4 rings (SSSR count). The van der Waals surface area contributed by atoms with Gasteiger partial charge in [0.25, 0.3) is 0 Å². The molecular formula is C14H14ClN3O2S. The summed E-state index contributed by atoms with van der Waals surface area (Å²) in [6.07, 6.45) is -0.184. The third kappa shape index (κ3) is 2.29. The third-order valence-corrected chi connectivity index (χ3v) is 5.15. The van der Waals surface area contributed by atoms with E-state index in [4.69, 9.17) is 26.8 Å². The Balaban J connectivity index is 1.70. The first-order valence-corrected chi connectivity index (χ1v) is 7.83. The second-order valence-corrected chi connectivity index (χ2v) is 6.82. The summed E-state index contributed by atoms with van der Waals surface area (Å²) in [5.41, 5.74) is 13.7. The number of halogens is 1. The number of hydrazine groups is 1. The van der Waals surface area contributed by atoms with Crippen LogP contribution in [-0.4, -0.2) is 13.0 Å². The number of rotatable bonds is 2. The van der Waals surface area contributed by atoms with Gasteiger partial charge in [0, 0.05) is 10.8 Å². The van der Waals surface area contributed by atoms with Crippen molar-refractivity contribution in [2.75, 3.05) is 6.79 Å². The fourth-order valence-corrected chi connectivity index (χ4v) is 4.00. The molecule has 0 spiro atoms. The first-order valence-electron chi connectivity index (χ1n) is 6.64. The first kappa shape index (κ1) is 13.4. The quantitative estimate of drug-likeness (QED) is 0.791. The molecule has 110 valence electrons. The molecule has 0 radical (unpaired) electrons. The van der Waals surface area contributed by atoms with E-state index in [0.717, 1.165) is 26.3 Å². The van der Waals surface area contributed by atoms with Gasteiger partial charge in [0.05, 0.1) is 16.5 Å². The van der Waals surface area contributed by atoms with Gasteiger partial charge in [0.1, 0.15) is 0 Å². The molecule has 2 aliphatic heterocycles. The number of benzene rings is 1. The van der Waals surface area contributed by atoms with Crippen molar-refractivity contribution in [3.05, 3.63) is 45.1 Å². The SMILES string of the molecule is NC1NNC(c2ccc(Cl)s2)C1c1ccc2c(c1)OCO2. The Kier molecular flexibility index (Phi) is 3.28. The summed E-state index contributed by atoms with van der Waals surface area (Å²) in [5.74, 6) is 1.64. The van der Waals surface area contributed by atoms with Gasteiger partial charge in [0.15, 0.2) is 11.5 Å². The highest BCUT2D eigenvalue weighted by molar-refractivity contribution is 7.16. The largest absolute Gasteiger partial charge is 0.454 e.